The fraction of sp³-hybridized carbons (Fsp3) is 0.386. The van der Waals surface area contributed by atoms with Gasteiger partial charge in [0.05, 0.1) is 0 Å². The third-order valence-electron chi connectivity index (χ3n) is 11.2. The van der Waals surface area contributed by atoms with Gasteiger partial charge in [0, 0.05) is 34.4 Å². The number of fused-ring (bicyclic) bond motifs is 3. The molecule has 3 aromatic rings. The van der Waals surface area contributed by atoms with Crippen molar-refractivity contribution in [3.05, 3.63) is 140 Å². The van der Waals surface area contributed by atoms with Crippen LogP contribution in [0, 0.1) is 11.8 Å². The highest BCUT2D eigenvalue weighted by molar-refractivity contribution is 8.00. The third kappa shape index (κ3) is 5.83. The number of rotatable bonds is 10. The van der Waals surface area contributed by atoms with Crippen molar-refractivity contribution < 1.29 is 0 Å². The van der Waals surface area contributed by atoms with Crippen LogP contribution in [-0.4, -0.2) is 11.5 Å². The highest BCUT2D eigenvalue weighted by Crippen LogP contribution is 2.54. The first-order valence-corrected chi connectivity index (χ1v) is 18.7. The molecule has 4 atom stereocenters. The molecule has 1 nitrogen and oxygen atoms in total. The van der Waals surface area contributed by atoms with Crippen molar-refractivity contribution in [2.75, 3.05) is 0 Å². The lowest BCUT2D eigenvalue weighted by Gasteiger charge is -2.29. The van der Waals surface area contributed by atoms with Gasteiger partial charge in [0.15, 0.2) is 0 Å². The second-order valence-electron chi connectivity index (χ2n) is 13.9. The summed E-state index contributed by atoms with van der Waals surface area (Å²) in [5.41, 5.74) is 17.7. The SMILES string of the molecule is CC/C(=C\C=C(/C)C(CC)C1c2cc3c(cc2SC1CC)CC3)Cc1ccccc1/C(=C1/C=CN=CC1C)c1ccc2c(c1)CC2. The second-order valence-corrected chi connectivity index (χ2v) is 15.2. The van der Waals surface area contributed by atoms with Crippen LogP contribution < -0.4 is 0 Å². The van der Waals surface area contributed by atoms with Crippen LogP contribution in [0.15, 0.2) is 106 Å². The van der Waals surface area contributed by atoms with Crippen molar-refractivity contribution in [2.45, 2.75) is 102 Å². The number of benzene rings is 3. The maximum atomic E-state index is 4.47. The van der Waals surface area contributed by atoms with E-state index in [1.165, 1.54) is 88.6 Å². The largest absolute Gasteiger partial charge is 0.268 e. The van der Waals surface area contributed by atoms with Crippen LogP contribution in [0.1, 0.15) is 104 Å². The van der Waals surface area contributed by atoms with Gasteiger partial charge in [-0.1, -0.05) is 99.5 Å². The molecule has 7 rings (SSSR count). The topological polar surface area (TPSA) is 12.4 Å². The van der Waals surface area contributed by atoms with Gasteiger partial charge in [-0.25, -0.2) is 0 Å². The summed E-state index contributed by atoms with van der Waals surface area (Å²) in [7, 11) is 0. The number of thioether (sulfide) groups is 1. The van der Waals surface area contributed by atoms with E-state index < -0.39 is 0 Å². The van der Waals surface area contributed by atoms with Gasteiger partial charge in [0.25, 0.3) is 0 Å². The molecule has 2 heterocycles. The summed E-state index contributed by atoms with van der Waals surface area (Å²) >= 11 is 2.15. The number of aryl methyl sites for hydroxylation is 4. The van der Waals surface area contributed by atoms with Crippen LogP contribution in [0.2, 0.25) is 0 Å². The van der Waals surface area contributed by atoms with Gasteiger partial charge in [-0.3, -0.25) is 4.99 Å². The molecule has 2 aliphatic carbocycles. The van der Waals surface area contributed by atoms with E-state index >= 15 is 0 Å². The predicted molar refractivity (Wildman–Crippen MR) is 199 cm³/mol. The Hall–Kier alpha value is -3.36. The van der Waals surface area contributed by atoms with E-state index in [4.69, 9.17) is 0 Å². The summed E-state index contributed by atoms with van der Waals surface area (Å²) < 4.78 is 0. The number of hydrogen-bond donors (Lipinski definition) is 0. The van der Waals surface area contributed by atoms with E-state index in [1.807, 2.05) is 6.20 Å². The zero-order valence-corrected chi connectivity index (χ0v) is 29.2. The highest BCUT2D eigenvalue weighted by Gasteiger charge is 2.38. The van der Waals surface area contributed by atoms with E-state index in [-0.39, 0.29) is 5.92 Å². The maximum absolute atomic E-state index is 4.47. The Morgan fingerprint density at radius 2 is 1.67 bits per heavy atom. The molecule has 0 saturated heterocycles. The van der Waals surface area contributed by atoms with Gasteiger partial charge in [-0.05, 0) is 132 Å². The zero-order chi connectivity index (χ0) is 31.8. The van der Waals surface area contributed by atoms with Gasteiger partial charge in [0.2, 0.25) is 0 Å². The van der Waals surface area contributed by atoms with E-state index in [2.05, 4.69) is 130 Å². The van der Waals surface area contributed by atoms with Gasteiger partial charge in [0.1, 0.15) is 0 Å². The summed E-state index contributed by atoms with van der Waals surface area (Å²) in [5, 5.41) is 0.675. The van der Waals surface area contributed by atoms with E-state index in [1.54, 1.807) is 21.6 Å². The molecule has 4 unspecified atom stereocenters. The molecule has 0 N–H and O–H groups in total. The van der Waals surface area contributed by atoms with Crippen LogP contribution in [0.4, 0.5) is 0 Å². The Morgan fingerprint density at radius 3 is 2.37 bits per heavy atom. The van der Waals surface area contributed by atoms with Crippen molar-refractivity contribution in [1.29, 1.82) is 0 Å². The minimum Gasteiger partial charge on any atom is -0.268 e. The molecular formula is C44H49NS. The molecule has 3 aromatic carbocycles. The number of aliphatic imine (C=N–C) groups is 1. The quantitative estimate of drug-likeness (QED) is 0.205. The number of hydrogen-bond acceptors (Lipinski definition) is 2. The van der Waals surface area contributed by atoms with Crippen molar-refractivity contribution in [1.82, 2.24) is 0 Å². The molecule has 2 heteroatoms. The number of nitrogens with zero attached hydrogens (tertiary/aromatic N) is 1. The van der Waals surface area contributed by atoms with E-state index in [0.717, 1.165) is 12.8 Å². The summed E-state index contributed by atoms with van der Waals surface area (Å²) in [6, 6.07) is 21.4. The van der Waals surface area contributed by atoms with Gasteiger partial charge < -0.3 is 0 Å². The average Bonchev–Trinajstić information content (AvgIpc) is 3.40. The van der Waals surface area contributed by atoms with Crippen molar-refractivity contribution >= 4 is 23.5 Å². The normalized spacial score (nSPS) is 23.3. The van der Waals surface area contributed by atoms with Gasteiger partial charge in [-0.15, -0.1) is 11.8 Å². The molecule has 4 aliphatic rings. The Labute approximate surface area is 281 Å². The smallest absolute Gasteiger partial charge is 0.0267 e. The summed E-state index contributed by atoms with van der Waals surface area (Å²) in [6.07, 6.45) is 20.6. The minimum atomic E-state index is 0.277. The Kier molecular flexibility index (Phi) is 9.10. The van der Waals surface area contributed by atoms with E-state index in [9.17, 15) is 0 Å². The first-order chi connectivity index (χ1) is 22.5. The van der Waals surface area contributed by atoms with Crippen molar-refractivity contribution in [2.24, 2.45) is 16.8 Å². The molecule has 0 fully saturated rings. The predicted octanol–water partition coefficient (Wildman–Crippen LogP) is 11.4. The first-order valence-electron chi connectivity index (χ1n) is 17.8. The molecule has 236 valence electrons. The maximum Gasteiger partial charge on any atom is 0.0267 e. The van der Waals surface area contributed by atoms with Gasteiger partial charge >= 0.3 is 0 Å². The van der Waals surface area contributed by atoms with Crippen LogP contribution >= 0.6 is 11.8 Å². The highest BCUT2D eigenvalue weighted by atomic mass is 32.2. The zero-order valence-electron chi connectivity index (χ0n) is 28.4. The molecule has 2 aliphatic heterocycles. The number of allylic oxidation sites excluding steroid dienone is 6. The standard InChI is InChI=1S/C44H49NS/c1-6-30(14-13-28(4)37(7-2)44-40-25-33-18-19-34(33)26-42(40)46-41(44)8-3)23-35-11-9-10-12-39(35)43(38-21-22-45-27-29(38)5)36-20-16-31-15-17-32(31)24-36/h9-14,16,20-22,24-27,29,37,41,44H,6-8,15,17-19,23H2,1-5H3/b28-13+,30-14+,43-38-. The molecule has 46 heavy (non-hydrogen) atoms. The lowest BCUT2D eigenvalue weighted by molar-refractivity contribution is 0.452. The molecule has 0 saturated carbocycles. The fourth-order valence-corrected chi connectivity index (χ4v) is 9.74. The molecule has 0 aromatic heterocycles. The lowest BCUT2D eigenvalue weighted by Crippen LogP contribution is -2.21. The molecule has 0 spiro atoms. The Balaban J connectivity index is 1.21. The summed E-state index contributed by atoms with van der Waals surface area (Å²) in [5.74, 6) is 1.47. The summed E-state index contributed by atoms with van der Waals surface area (Å²) in [6.45, 7) is 11.8. The fourth-order valence-electron chi connectivity index (χ4n) is 8.23. The Morgan fingerprint density at radius 1 is 0.913 bits per heavy atom. The van der Waals surface area contributed by atoms with Crippen molar-refractivity contribution in [3.63, 3.8) is 0 Å². The van der Waals surface area contributed by atoms with Crippen molar-refractivity contribution in [3.8, 4) is 0 Å². The average molecular weight is 624 g/mol. The minimum absolute atomic E-state index is 0.277. The summed E-state index contributed by atoms with van der Waals surface area (Å²) in [4.78, 5) is 6.04. The third-order valence-corrected chi connectivity index (χ3v) is 12.8. The molecular weight excluding hydrogens is 575 g/mol. The van der Waals surface area contributed by atoms with Gasteiger partial charge in [-0.2, -0.15) is 0 Å². The van der Waals surface area contributed by atoms with Crippen LogP contribution in [0.5, 0.6) is 0 Å². The Bertz CT molecular complexity index is 1800. The van der Waals surface area contributed by atoms with Crippen LogP contribution in [0.25, 0.3) is 5.57 Å². The monoisotopic (exact) mass is 623 g/mol. The molecule has 0 radical (unpaired) electrons. The van der Waals surface area contributed by atoms with Crippen LogP contribution in [0.3, 0.4) is 0 Å². The first kappa shape index (κ1) is 31.3. The lowest BCUT2D eigenvalue weighted by atomic mass is 9.75. The molecule has 0 bridgehead atoms. The van der Waals surface area contributed by atoms with Crippen LogP contribution in [-0.2, 0) is 32.1 Å². The second kappa shape index (κ2) is 13.4. The van der Waals surface area contributed by atoms with E-state index in [0.29, 0.717) is 17.1 Å². The molecule has 0 amide bonds.